The number of hydrogen-bond acceptors (Lipinski definition) is 4. The molecule has 0 unspecified atom stereocenters. The Bertz CT molecular complexity index is 775. The lowest BCUT2D eigenvalue weighted by Crippen LogP contribution is -2.53. The molecule has 0 bridgehead atoms. The van der Waals surface area contributed by atoms with Gasteiger partial charge in [0.25, 0.3) is 0 Å². The molecule has 2 aromatic carbocycles. The lowest BCUT2D eigenvalue weighted by molar-refractivity contribution is 0.153. The van der Waals surface area contributed by atoms with Crippen molar-refractivity contribution in [2.45, 2.75) is 44.3 Å². The average molecular weight is 397 g/mol. The summed E-state index contributed by atoms with van der Waals surface area (Å²) in [7, 11) is 0.645. The van der Waals surface area contributed by atoms with Crippen LogP contribution in [0, 0.1) is 0 Å². The topological polar surface area (TPSA) is 67.8 Å². The molecule has 1 fully saturated rings. The number of likely N-dealkylation sites (N-methyl/N-ethyl adjacent to an activating group) is 1. The van der Waals surface area contributed by atoms with E-state index in [1.54, 1.807) is 6.07 Å². The molecule has 3 rings (SSSR count). The maximum atomic E-state index is 9.64. The largest absolute Gasteiger partial charge is 0.488 e. The third kappa shape index (κ3) is 5.55. The molecule has 1 saturated carbocycles. The lowest BCUT2D eigenvalue weighted by Gasteiger charge is -2.39. The Kier molecular flexibility index (Phi) is 7.45. The molecule has 0 spiro atoms. The van der Waals surface area contributed by atoms with Crippen LogP contribution >= 0.6 is 12.2 Å². The maximum absolute atomic E-state index is 9.64. The lowest BCUT2D eigenvalue weighted by atomic mass is 9.77. The first-order chi connectivity index (χ1) is 13.5. The van der Waals surface area contributed by atoms with Crippen LogP contribution in [0.15, 0.2) is 54.6 Å². The van der Waals surface area contributed by atoms with Crippen LogP contribution in [0.2, 0.25) is 0 Å². The monoisotopic (exact) mass is 397 g/mol. The zero-order chi connectivity index (χ0) is 19.9. The minimum atomic E-state index is -1.45. The third-order valence-electron chi connectivity index (χ3n) is 5.40. The Hall–Kier alpha value is -1.93. The van der Waals surface area contributed by atoms with Crippen LogP contribution in [0.3, 0.4) is 0 Å². The first-order valence-electron chi connectivity index (χ1n) is 9.81. The van der Waals surface area contributed by atoms with E-state index in [-0.39, 0.29) is 6.04 Å². The molecule has 0 radical (unpaired) electrons. The Morgan fingerprint density at radius 3 is 2.50 bits per heavy atom. The number of benzene rings is 2. The summed E-state index contributed by atoms with van der Waals surface area (Å²) in [6, 6.07) is 18.0. The Balaban J connectivity index is 1.64. The average Bonchev–Trinajstić information content (AvgIpc) is 2.69. The predicted molar refractivity (Wildman–Crippen MR) is 120 cm³/mol. The van der Waals surface area contributed by atoms with Gasteiger partial charge >= 0.3 is 7.12 Å². The molecular weight excluding hydrogens is 369 g/mol. The fourth-order valence-corrected chi connectivity index (χ4v) is 4.25. The van der Waals surface area contributed by atoms with Crippen LogP contribution < -0.4 is 16.1 Å². The minimum absolute atomic E-state index is 0.258. The quantitative estimate of drug-likeness (QED) is 0.442. The van der Waals surface area contributed by atoms with E-state index in [0.717, 1.165) is 24.1 Å². The van der Waals surface area contributed by atoms with Crippen molar-refractivity contribution >= 4 is 35.6 Å². The zero-order valence-electron chi connectivity index (χ0n) is 16.2. The molecule has 0 heterocycles. The van der Waals surface area contributed by atoms with Gasteiger partial charge in [-0.3, -0.25) is 4.90 Å². The summed E-state index contributed by atoms with van der Waals surface area (Å²) >= 11 is 5.53. The van der Waals surface area contributed by atoms with Gasteiger partial charge in [0.2, 0.25) is 0 Å². The molecule has 5 nitrogen and oxygen atoms in total. The van der Waals surface area contributed by atoms with E-state index < -0.39 is 7.12 Å². The molecular formula is C21H28BN3O2S. The van der Waals surface area contributed by atoms with E-state index in [1.165, 1.54) is 12.8 Å². The number of anilines is 1. The van der Waals surface area contributed by atoms with Gasteiger partial charge in [0.1, 0.15) is 0 Å². The third-order valence-corrected chi connectivity index (χ3v) is 5.62. The van der Waals surface area contributed by atoms with E-state index in [4.69, 9.17) is 12.2 Å². The molecule has 148 valence electrons. The summed E-state index contributed by atoms with van der Waals surface area (Å²) in [5.41, 5.74) is 2.48. The molecule has 2 aromatic rings. The smallest absolute Gasteiger partial charge is 0.423 e. The van der Waals surface area contributed by atoms with Crippen LogP contribution in [0.4, 0.5) is 5.69 Å². The van der Waals surface area contributed by atoms with Gasteiger partial charge in [-0.25, -0.2) is 0 Å². The Morgan fingerprint density at radius 2 is 1.75 bits per heavy atom. The summed E-state index contributed by atoms with van der Waals surface area (Å²) in [5.74, 6) is 0. The summed E-state index contributed by atoms with van der Waals surface area (Å²) in [6.07, 6.45) is 4.53. The number of nitrogens with one attached hydrogen (secondary N) is 2. The van der Waals surface area contributed by atoms with Gasteiger partial charge in [0.15, 0.2) is 5.11 Å². The fourth-order valence-electron chi connectivity index (χ4n) is 3.98. The fraction of sp³-hybridized carbons (Fsp3) is 0.381. The zero-order valence-corrected chi connectivity index (χ0v) is 17.0. The van der Waals surface area contributed by atoms with Crippen LogP contribution in [-0.2, 0) is 6.54 Å². The molecule has 1 aliphatic rings. The second-order valence-electron chi connectivity index (χ2n) is 7.41. The van der Waals surface area contributed by atoms with E-state index in [1.807, 2.05) is 48.5 Å². The van der Waals surface area contributed by atoms with Crippen molar-refractivity contribution in [2.75, 3.05) is 12.4 Å². The number of rotatable bonds is 6. The van der Waals surface area contributed by atoms with Crippen LogP contribution in [0.1, 0.15) is 31.2 Å². The van der Waals surface area contributed by atoms with Crippen molar-refractivity contribution in [1.29, 1.82) is 0 Å². The van der Waals surface area contributed by atoms with Crippen molar-refractivity contribution < 1.29 is 10.0 Å². The molecule has 0 aliphatic heterocycles. The van der Waals surface area contributed by atoms with Crippen molar-refractivity contribution in [3.8, 4) is 0 Å². The van der Waals surface area contributed by atoms with Crippen molar-refractivity contribution in [1.82, 2.24) is 10.2 Å². The molecule has 1 aliphatic carbocycles. The standard InChI is InChI=1S/C21H28BN3O2S/c1-25(15-16-9-5-6-12-18(16)22(26)27)20-14-8-7-13-19(20)24-21(28)23-17-10-3-2-4-11-17/h2-6,9-12,19-20,26-27H,7-8,13-15H2,1H3,(H2,23,24,28)/t19-,20-/m1/s1. The highest BCUT2D eigenvalue weighted by molar-refractivity contribution is 7.80. The maximum Gasteiger partial charge on any atom is 0.488 e. The molecule has 0 aromatic heterocycles. The molecule has 0 amide bonds. The summed E-state index contributed by atoms with van der Waals surface area (Å²) in [6.45, 7) is 0.662. The van der Waals surface area contributed by atoms with Gasteiger partial charge in [0, 0.05) is 24.3 Å². The minimum Gasteiger partial charge on any atom is -0.423 e. The van der Waals surface area contributed by atoms with Crippen molar-refractivity contribution in [3.63, 3.8) is 0 Å². The molecule has 7 heteroatoms. The second-order valence-corrected chi connectivity index (χ2v) is 7.82. The highest BCUT2D eigenvalue weighted by atomic mass is 32.1. The molecule has 28 heavy (non-hydrogen) atoms. The van der Waals surface area contributed by atoms with Gasteiger partial charge in [-0.15, -0.1) is 0 Å². The summed E-state index contributed by atoms with van der Waals surface area (Å²) < 4.78 is 0. The highest BCUT2D eigenvalue weighted by Crippen LogP contribution is 2.24. The predicted octanol–water partition coefficient (Wildman–Crippen LogP) is 2.10. The van der Waals surface area contributed by atoms with Crippen LogP contribution in [0.5, 0.6) is 0 Å². The summed E-state index contributed by atoms with van der Waals surface area (Å²) in [5, 5.41) is 26.7. The normalized spacial score (nSPS) is 19.3. The van der Waals surface area contributed by atoms with Gasteiger partial charge in [0.05, 0.1) is 0 Å². The Morgan fingerprint density at radius 1 is 1.07 bits per heavy atom. The van der Waals surface area contributed by atoms with E-state index in [9.17, 15) is 10.0 Å². The van der Waals surface area contributed by atoms with Crippen molar-refractivity contribution in [2.24, 2.45) is 0 Å². The van der Waals surface area contributed by atoms with E-state index >= 15 is 0 Å². The molecule has 4 N–H and O–H groups in total. The molecule has 2 atom stereocenters. The SMILES string of the molecule is CN(Cc1ccccc1B(O)O)[C@@H]1CCCC[C@H]1NC(=S)Nc1ccccc1. The first-order valence-corrected chi connectivity index (χ1v) is 10.2. The van der Waals surface area contributed by atoms with E-state index in [0.29, 0.717) is 23.2 Å². The van der Waals surface area contributed by atoms with Gasteiger partial charge in [-0.2, -0.15) is 0 Å². The number of hydrogen-bond donors (Lipinski definition) is 4. The number of nitrogens with zero attached hydrogens (tertiary/aromatic N) is 1. The van der Waals surface area contributed by atoms with Gasteiger partial charge in [-0.05, 0) is 55.3 Å². The van der Waals surface area contributed by atoms with Crippen molar-refractivity contribution in [3.05, 3.63) is 60.2 Å². The molecule has 0 saturated heterocycles. The Labute approximate surface area is 172 Å². The van der Waals surface area contributed by atoms with Crippen LogP contribution in [-0.4, -0.2) is 46.3 Å². The van der Waals surface area contributed by atoms with Gasteiger partial charge < -0.3 is 20.7 Å². The van der Waals surface area contributed by atoms with Gasteiger partial charge in [-0.1, -0.05) is 55.3 Å². The highest BCUT2D eigenvalue weighted by Gasteiger charge is 2.29. The number of para-hydroxylation sites is 1. The second kappa shape index (κ2) is 10.0. The summed E-state index contributed by atoms with van der Waals surface area (Å²) in [4.78, 5) is 2.29. The first kappa shape index (κ1) is 20.8. The van der Waals surface area contributed by atoms with E-state index in [2.05, 4.69) is 22.6 Å². The number of thiocarbonyl (C=S) groups is 1. The van der Waals surface area contributed by atoms with Crippen LogP contribution in [0.25, 0.3) is 0 Å².